The normalized spacial score (nSPS) is 18.1. The van der Waals surface area contributed by atoms with E-state index in [9.17, 15) is 0 Å². The summed E-state index contributed by atoms with van der Waals surface area (Å²) >= 11 is 0. The summed E-state index contributed by atoms with van der Waals surface area (Å²) in [7, 11) is 2.11. The van der Waals surface area contributed by atoms with E-state index in [0.717, 1.165) is 11.4 Å². The molecule has 18 heavy (non-hydrogen) atoms. The van der Waals surface area contributed by atoms with Gasteiger partial charge in [-0.1, -0.05) is 12.1 Å². The van der Waals surface area contributed by atoms with Gasteiger partial charge in [-0.25, -0.2) is 9.97 Å². The summed E-state index contributed by atoms with van der Waals surface area (Å²) in [4.78, 5) is 13.0. The molecule has 0 saturated heterocycles. The molecule has 3 rings (SSSR count). The summed E-state index contributed by atoms with van der Waals surface area (Å²) in [6, 6.07) is 8.42. The van der Waals surface area contributed by atoms with Crippen LogP contribution in [0.25, 0.3) is 0 Å². The Kier molecular flexibility index (Phi) is 2.44. The quantitative estimate of drug-likeness (QED) is 0.767. The highest BCUT2D eigenvalue weighted by molar-refractivity contribution is 5.83. The minimum Gasteiger partial charge on any atom is -0.353 e. The average Bonchev–Trinajstić information content (AvgIpc) is 2.64. The maximum absolute atomic E-state index is 4.28. The summed E-state index contributed by atoms with van der Waals surface area (Å²) < 4.78 is 0. The Morgan fingerprint density at radius 1 is 1.11 bits per heavy atom. The Balaban J connectivity index is 2.16. The lowest BCUT2D eigenvalue weighted by Gasteiger charge is -2.28. The fraction of sp³-hybridized carbons (Fsp3) is 0.286. The molecule has 0 fully saturated rings. The van der Waals surface area contributed by atoms with Gasteiger partial charge in [-0.3, -0.25) is 0 Å². The molecule has 0 N–H and O–H groups in total. The van der Waals surface area contributed by atoms with Crippen molar-refractivity contribution < 1.29 is 0 Å². The van der Waals surface area contributed by atoms with Crippen LogP contribution < -0.4 is 9.80 Å². The van der Waals surface area contributed by atoms with Crippen molar-refractivity contribution in [2.24, 2.45) is 0 Å². The molecule has 1 atom stereocenters. The molecule has 1 aliphatic heterocycles. The van der Waals surface area contributed by atoms with Gasteiger partial charge in [0.05, 0.1) is 29.0 Å². The number of hydrogen-bond acceptors (Lipinski definition) is 4. The number of aryl methyl sites for hydroxylation is 1. The number of rotatable bonds is 1. The fourth-order valence-corrected chi connectivity index (χ4v) is 2.49. The van der Waals surface area contributed by atoms with Crippen molar-refractivity contribution >= 4 is 17.1 Å². The second-order valence-electron chi connectivity index (χ2n) is 4.59. The van der Waals surface area contributed by atoms with Gasteiger partial charge in [0.2, 0.25) is 0 Å². The third-order valence-electron chi connectivity index (χ3n) is 3.60. The zero-order chi connectivity index (χ0) is 12.7. The van der Waals surface area contributed by atoms with Crippen LogP contribution in [0.5, 0.6) is 0 Å². The van der Waals surface area contributed by atoms with Crippen molar-refractivity contribution in [2.45, 2.75) is 20.0 Å². The highest BCUT2D eigenvalue weighted by Gasteiger charge is 2.32. The Hall–Kier alpha value is -2.10. The summed E-state index contributed by atoms with van der Waals surface area (Å²) in [5, 5.41) is 0. The molecule has 0 bridgehead atoms. The van der Waals surface area contributed by atoms with E-state index in [1.807, 2.05) is 13.1 Å². The van der Waals surface area contributed by atoms with Gasteiger partial charge in [0.1, 0.15) is 12.5 Å². The van der Waals surface area contributed by atoms with Crippen molar-refractivity contribution in [1.29, 1.82) is 0 Å². The van der Waals surface area contributed by atoms with Crippen LogP contribution in [0, 0.1) is 6.92 Å². The molecule has 4 nitrogen and oxygen atoms in total. The third-order valence-corrected chi connectivity index (χ3v) is 3.60. The number of benzene rings is 1. The Bertz CT molecular complexity index is 582. The number of hydrogen-bond donors (Lipinski definition) is 0. The summed E-state index contributed by atoms with van der Waals surface area (Å²) in [6.45, 7) is 4.21. The van der Waals surface area contributed by atoms with Crippen LogP contribution in [-0.2, 0) is 0 Å². The largest absolute Gasteiger partial charge is 0.353 e. The van der Waals surface area contributed by atoms with E-state index in [2.05, 4.69) is 58.0 Å². The van der Waals surface area contributed by atoms with Gasteiger partial charge in [0.25, 0.3) is 0 Å². The molecule has 1 aliphatic rings. The standard InChI is InChI=1S/C14H16N4/c1-10-14(8-15-9-16-10)18-11(2)17(3)12-6-4-5-7-13(12)18/h4-9,11H,1-3H3. The number of para-hydroxylation sites is 2. The number of fused-ring (bicyclic) bond motifs is 1. The Labute approximate surface area is 107 Å². The summed E-state index contributed by atoms with van der Waals surface area (Å²) in [6.07, 6.45) is 3.75. The first kappa shape index (κ1) is 11.0. The molecule has 2 heterocycles. The van der Waals surface area contributed by atoms with Crippen LogP contribution in [0.2, 0.25) is 0 Å². The zero-order valence-electron chi connectivity index (χ0n) is 10.8. The van der Waals surface area contributed by atoms with Crippen molar-refractivity contribution in [1.82, 2.24) is 9.97 Å². The smallest absolute Gasteiger partial charge is 0.115 e. The zero-order valence-corrected chi connectivity index (χ0v) is 10.8. The molecule has 0 radical (unpaired) electrons. The Morgan fingerprint density at radius 2 is 1.83 bits per heavy atom. The van der Waals surface area contributed by atoms with E-state index in [4.69, 9.17) is 0 Å². The monoisotopic (exact) mass is 240 g/mol. The van der Waals surface area contributed by atoms with Crippen LogP contribution in [-0.4, -0.2) is 23.2 Å². The fourth-order valence-electron chi connectivity index (χ4n) is 2.49. The summed E-state index contributed by atoms with van der Waals surface area (Å²) in [5.41, 5.74) is 4.53. The molecule has 4 heteroatoms. The summed E-state index contributed by atoms with van der Waals surface area (Å²) in [5.74, 6) is 0. The van der Waals surface area contributed by atoms with E-state index in [-0.39, 0.29) is 6.17 Å². The van der Waals surface area contributed by atoms with Crippen molar-refractivity contribution in [3.8, 4) is 0 Å². The predicted octanol–water partition coefficient (Wildman–Crippen LogP) is 2.72. The first-order valence-corrected chi connectivity index (χ1v) is 6.08. The first-order chi connectivity index (χ1) is 8.70. The van der Waals surface area contributed by atoms with E-state index in [1.54, 1.807) is 6.33 Å². The van der Waals surface area contributed by atoms with Gasteiger partial charge < -0.3 is 9.80 Å². The third kappa shape index (κ3) is 1.45. The highest BCUT2D eigenvalue weighted by atomic mass is 15.4. The van der Waals surface area contributed by atoms with Gasteiger partial charge in [-0.2, -0.15) is 0 Å². The van der Waals surface area contributed by atoms with Crippen molar-refractivity contribution in [3.05, 3.63) is 42.5 Å². The van der Waals surface area contributed by atoms with E-state index in [1.165, 1.54) is 11.4 Å². The molecule has 0 aliphatic carbocycles. The van der Waals surface area contributed by atoms with Crippen LogP contribution in [0.4, 0.5) is 17.1 Å². The number of anilines is 3. The number of nitrogens with zero attached hydrogens (tertiary/aromatic N) is 4. The molecule has 1 aromatic carbocycles. The minimum atomic E-state index is 0.270. The lowest BCUT2D eigenvalue weighted by Crippen LogP contribution is -2.36. The van der Waals surface area contributed by atoms with Crippen molar-refractivity contribution in [3.63, 3.8) is 0 Å². The first-order valence-electron chi connectivity index (χ1n) is 6.08. The number of aromatic nitrogens is 2. The van der Waals surface area contributed by atoms with E-state index < -0.39 is 0 Å². The maximum Gasteiger partial charge on any atom is 0.115 e. The molecule has 2 aromatic rings. The Morgan fingerprint density at radius 3 is 2.56 bits per heavy atom. The van der Waals surface area contributed by atoms with Crippen LogP contribution in [0.15, 0.2) is 36.8 Å². The average molecular weight is 240 g/mol. The van der Waals surface area contributed by atoms with Crippen LogP contribution in [0.1, 0.15) is 12.6 Å². The second-order valence-corrected chi connectivity index (χ2v) is 4.59. The molecule has 92 valence electrons. The van der Waals surface area contributed by atoms with Gasteiger partial charge in [0.15, 0.2) is 0 Å². The topological polar surface area (TPSA) is 32.3 Å². The van der Waals surface area contributed by atoms with Crippen LogP contribution >= 0.6 is 0 Å². The van der Waals surface area contributed by atoms with Gasteiger partial charge in [-0.15, -0.1) is 0 Å². The van der Waals surface area contributed by atoms with Gasteiger partial charge in [0, 0.05) is 7.05 Å². The maximum atomic E-state index is 4.28. The molecule has 1 unspecified atom stereocenters. The van der Waals surface area contributed by atoms with Crippen LogP contribution in [0.3, 0.4) is 0 Å². The van der Waals surface area contributed by atoms with Gasteiger partial charge in [-0.05, 0) is 26.0 Å². The second kappa shape index (κ2) is 3.98. The molecule has 1 aromatic heterocycles. The lowest BCUT2D eigenvalue weighted by molar-refractivity contribution is 0.729. The molecular weight excluding hydrogens is 224 g/mol. The molecular formula is C14H16N4. The van der Waals surface area contributed by atoms with E-state index >= 15 is 0 Å². The molecule has 0 spiro atoms. The SMILES string of the molecule is Cc1ncncc1N1c2ccccc2N(C)C1C. The molecule has 0 amide bonds. The highest BCUT2D eigenvalue weighted by Crippen LogP contribution is 2.43. The lowest BCUT2D eigenvalue weighted by atomic mass is 10.2. The molecule has 0 saturated carbocycles. The van der Waals surface area contributed by atoms with E-state index in [0.29, 0.717) is 0 Å². The van der Waals surface area contributed by atoms with Crippen molar-refractivity contribution in [2.75, 3.05) is 16.8 Å². The predicted molar refractivity (Wildman–Crippen MR) is 73.2 cm³/mol. The minimum absolute atomic E-state index is 0.270. The van der Waals surface area contributed by atoms with Gasteiger partial charge >= 0.3 is 0 Å².